The second-order valence-corrected chi connectivity index (χ2v) is 6.80. The highest BCUT2D eigenvalue weighted by atomic mass is 16.6. The summed E-state index contributed by atoms with van der Waals surface area (Å²) in [4.78, 5) is 18.8. The van der Waals surface area contributed by atoms with Gasteiger partial charge in [0.05, 0.1) is 12.3 Å². The summed E-state index contributed by atoms with van der Waals surface area (Å²) in [7, 11) is 0. The lowest BCUT2D eigenvalue weighted by molar-refractivity contribution is -0.131. The molecule has 1 unspecified atom stereocenters. The first-order chi connectivity index (χ1) is 11.5. The second-order valence-electron chi connectivity index (χ2n) is 6.80. The van der Waals surface area contributed by atoms with E-state index in [1.807, 2.05) is 4.90 Å². The molecule has 130 valence electrons. The van der Waals surface area contributed by atoms with Crippen molar-refractivity contribution in [2.45, 2.75) is 52.4 Å². The number of nitrogens with zero attached hydrogens (tertiary/aromatic N) is 5. The maximum Gasteiger partial charge on any atom is 0.231 e. The smallest absolute Gasteiger partial charge is 0.231 e. The van der Waals surface area contributed by atoms with Crippen molar-refractivity contribution in [1.82, 2.24) is 25.4 Å². The number of likely N-dealkylation sites (tertiary alicyclic amines) is 1. The fourth-order valence-electron chi connectivity index (χ4n) is 2.95. The molecule has 8 nitrogen and oxygen atoms in total. The molecule has 0 N–H and O–H groups in total. The van der Waals surface area contributed by atoms with Crippen LogP contribution in [0.15, 0.2) is 9.15 Å². The average Bonchev–Trinajstić information content (AvgIpc) is 3.17. The monoisotopic (exact) mass is 333 g/mol. The standard InChI is InChI=1S/C16H23N5O3/c1-10(2)7-14-17-16(23-20-14)12-5-4-6-21(9-12)15(22)8-13-11(3)18-24-19-13/h10,12H,4-9H2,1-3H3. The van der Waals surface area contributed by atoms with Crippen molar-refractivity contribution in [3.8, 4) is 0 Å². The summed E-state index contributed by atoms with van der Waals surface area (Å²) in [6.07, 6.45) is 2.90. The van der Waals surface area contributed by atoms with Crippen LogP contribution in [-0.2, 0) is 17.6 Å². The molecule has 1 atom stereocenters. The Morgan fingerprint density at radius 3 is 2.88 bits per heavy atom. The van der Waals surface area contributed by atoms with E-state index in [-0.39, 0.29) is 18.2 Å². The van der Waals surface area contributed by atoms with Crippen molar-refractivity contribution < 1.29 is 13.9 Å². The summed E-state index contributed by atoms with van der Waals surface area (Å²) in [5.74, 6) is 2.00. The van der Waals surface area contributed by atoms with Gasteiger partial charge in [0.15, 0.2) is 5.82 Å². The van der Waals surface area contributed by atoms with Gasteiger partial charge in [-0.05, 0) is 25.7 Å². The van der Waals surface area contributed by atoms with Gasteiger partial charge in [-0.2, -0.15) is 4.98 Å². The Labute approximate surface area is 140 Å². The first-order valence-corrected chi connectivity index (χ1v) is 8.41. The fourth-order valence-corrected chi connectivity index (χ4v) is 2.95. The average molecular weight is 333 g/mol. The minimum Gasteiger partial charge on any atom is -0.342 e. The van der Waals surface area contributed by atoms with E-state index in [0.717, 1.165) is 31.6 Å². The molecule has 0 aliphatic carbocycles. The number of carbonyl (C=O) groups is 1. The van der Waals surface area contributed by atoms with E-state index in [2.05, 4.69) is 38.9 Å². The molecule has 24 heavy (non-hydrogen) atoms. The quantitative estimate of drug-likeness (QED) is 0.824. The van der Waals surface area contributed by atoms with Gasteiger partial charge in [0.2, 0.25) is 11.8 Å². The molecule has 2 aromatic rings. The third kappa shape index (κ3) is 3.80. The van der Waals surface area contributed by atoms with Crippen LogP contribution in [0, 0.1) is 12.8 Å². The molecule has 1 amide bonds. The molecule has 0 bridgehead atoms. The van der Waals surface area contributed by atoms with Gasteiger partial charge in [0.25, 0.3) is 0 Å². The molecule has 3 rings (SSSR count). The van der Waals surface area contributed by atoms with Gasteiger partial charge in [-0.15, -0.1) is 0 Å². The molecule has 1 aliphatic rings. The largest absolute Gasteiger partial charge is 0.342 e. The highest BCUT2D eigenvalue weighted by Gasteiger charge is 2.29. The predicted octanol–water partition coefficient (Wildman–Crippen LogP) is 1.91. The number of piperidine rings is 1. The lowest BCUT2D eigenvalue weighted by Gasteiger charge is -2.30. The molecule has 0 saturated carbocycles. The Bertz CT molecular complexity index is 693. The Morgan fingerprint density at radius 2 is 2.17 bits per heavy atom. The Balaban J connectivity index is 1.62. The number of aryl methyl sites for hydroxylation is 1. The van der Waals surface area contributed by atoms with E-state index in [1.54, 1.807) is 6.92 Å². The van der Waals surface area contributed by atoms with Crippen LogP contribution in [-0.4, -0.2) is 44.4 Å². The normalized spacial score (nSPS) is 18.3. The molecule has 1 aliphatic heterocycles. The Kier molecular flexibility index (Phi) is 4.92. The number of hydrogen-bond donors (Lipinski definition) is 0. The number of carbonyl (C=O) groups excluding carboxylic acids is 1. The van der Waals surface area contributed by atoms with Crippen molar-refractivity contribution in [2.24, 2.45) is 5.92 Å². The highest BCUT2D eigenvalue weighted by molar-refractivity contribution is 5.78. The van der Waals surface area contributed by atoms with E-state index < -0.39 is 0 Å². The third-order valence-electron chi connectivity index (χ3n) is 4.26. The van der Waals surface area contributed by atoms with Crippen LogP contribution in [0.2, 0.25) is 0 Å². The van der Waals surface area contributed by atoms with Crippen LogP contribution in [0.4, 0.5) is 0 Å². The van der Waals surface area contributed by atoms with Crippen LogP contribution >= 0.6 is 0 Å². The SMILES string of the molecule is Cc1nonc1CC(=O)N1CCCC(c2nc(CC(C)C)no2)C1. The Hall–Kier alpha value is -2.25. The molecule has 2 aromatic heterocycles. The van der Waals surface area contributed by atoms with Crippen molar-refractivity contribution >= 4 is 5.91 Å². The summed E-state index contributed by atoms with van der Waals surface area (Å²) >= 11 is 0. The minimum absolute atomic E-state index is 0.0282. The summed E-state index contributed by atoms with van der Waals surface area (Å²) in [6, 6.07) is 0. The highest BCUT2D eigenvalue weighted by Crippen LogP contribution is 2.26. The van der Waals surface area contributed by atoms with Gasteiger partial charge in [0, 0.05) is 19.5 Å². The van der Waals surface area contributed by atoms with Gasteiger partial charge in [-0.25, -0.2) is 4.63 Å². The molecular formula is C16H23N5O3. The van der Waals surface area contributed by atoms with Gasteiger partial charge in [-0.1, -0.05) is 29.3 Å². The van der Waals surface area contributed by atoms with Crippen LogP contribution in [0.25, 0.3) is 0 Å². The zero-order chi connectivity index (χ0) is 17.1. The first kappa shape index (κ1) is 16.6. The van der Waals surface area contributed by atoms with E-state index in [1.165, 1.54) is 0 Å². The summed E-state index contributed by atoms with van der Waals surface area (Å²) in [5.41, 5.74) is 1.26. The topological polar surface area (TPSA) is 98.2 Å². The maximum atomic E-state index is 12.5. The summed E-state index contributed by atoms with van der Waals surface area (Å²) in [5, 5.41) is 11.6. The summed E-state index contributed by atoms with van der Waals surface area (Å²) < 4.78 is 10.1. The van der Waals surface area contributed by atoms with Crippen LogP contribution in [0.1, 0.15) is 55.7 Å². The van der Waals surface area contributed by atoms with E-state index >= 15 is 0 Å². The van der Waals surface area contributed by atoms with Crippen LogP contribution in [0.3, 0.4) is 0 Å². The first-order valence-electron chi connectivity index (χ1n) is 8.41. The van der Waals surface area contributed by atoms with Gasteiger partial charge >= 0.3 is 0 Å². The number of aromatic nitrogens is 4. The molecular weight excluding hydrogens is 310 g/mol. The predicted molar refractivity (Wildman–Crippen MR) is 84.1 cm³/mol. The number of amides is 1. The third-order valence-corrected chi connectivity index (χ3v) is 4.26. The van der Waals surface area contributed by atoms with Crippen molar-refractivity contribution in [3.63, 3.8) is 0 Å². The molecule has 3 heterocycles. The van der Waals surface area contributed by atoms with Crippen LogP contribution < -0.4 is 0 Å². The van der Waals surface area contributed by atoms with E-state index in [4.69, 9.17) is 4.52 Å². The Morgan fingerprint density at radius 1 is 1.33 bits per heavy atom. The fraction of sp³-hybridized carbons (Fsp3) is 0.688. The zero-order valence-electron chi connectivity index (χ0n) is 14.4. The van der Waals surface area contributed by atoms with E-state index in [9.17, 15) is 4.79 Å². The van der Waals surface area contributed by atoms with Crippen molar-refractivity contribution in [2.75, 3.05) is 13.1 Å². The maximum absolute atomic E-state index is 12.5. The molecule has 0 spiro atoms. The minimum atomic E-state index is 0.0282. The lowest BCUT2D eigenvalue weighted by atomic mass is 9.97. The van der Waals surface area contributed by atoms with Crippen molar-refractivity contribution in [3.05, 3.63) is 23.1 Å². The van der Waals surface area contributed by atoms with Crippen LogP contribution in [0.5, 0.6) is 0 Å². The molecule has 8 heteroatoms. The lowest BCUT2D eigenvalue weighted by Crippen LogP contribution is -2.40. The van der Waals surface area contributed by atoms with Crippen molar-refractivity contribution in [1.29, 1.82) is 0 Å². The molecule has 1 fully saturated rings. The second kappa shape index (κ2) is 7.11. The van der Waals surface area contributed by atoms with Gasteiger partial charge in [-0.3, -0.25) is 4.79 Å². The molecule has 1 saturated heterocycles. The van der Waals surface area contributed by atoms with E-state index in [0.29, 0.717) is 29.7 Å². The number of hydrogen-bond acceptors (Lipinski definition) is 7. The van der Waals surface area contributed by atoms with Gasteiger partial charge < -0.3 is 9.42 Å². The molecule has 0 aromatic carbocycles. The van der Waals surface area contributed by atoms with Gasteiger partial charge in [0.1, 0.15) is 11.4 Å². The summed E-state index contributed by atoms with van der Waals surface area (Å²) in [6.45, 7) is 7.38. The zero-order valence-corrected chi connectivity index (χ0v) is 14.4. The number of rotatable bonds is 5. The molecule has 0 radical (unpaired) electrons.